The van der Waals surface area contributed by atoms with E-state index in [0.29, 0.717) is 11.7 Å². The van der Waals surface area contributed by atoms with Gasteiger partial charge in [0.05, 0.1) is 0 Å². The van der Waals surface area contributed by atoms with Gasteiger partial charge in [-0.3, -0.25) is 4.21 Å². The van der Waals surface area contributed by atoms with Gasteiger partial charge in [-0.15, -0.1) is 11.3 Å². The molecule has 1 aromatic rings. The predicted molar refractivity (Wildman–Crippen MR) is 71.4 cm³/mol. The molecule has 1 heterocycles. The molecule has 0 spiro atoms. The Bertz CT molecular complexity index is 350. The van der Waals surface area contributed by atoms with Gasteiger partial charge in [0.2, 0.25) is 0 Å². The van der Waals surface area contributed by atoms with Crippen LogP contribution in [0.4, 0.5) is 0 Å². The van der Waals surface area contributed by atoms with Gasteiger partial charge in [0.25, 0.3) is 0 Å². The highest BCUT2D eigenvalue weighted by atomic mass is 32.2. The van der Waals surface area contributed by atoms with E-state index in [1.807, 2.05) is 6.20 Å². The fourth-order valence-corrected chi connectivity index (χ4v) is 3.04. The molecule has 0 aliphatic rings. The van der Waals surface area contributed by atoms with Crippen molar-refractivity contribution in [1.29, 1.82) is 0 Å². The van der Waals surface area contributed by atoms with E-state index < -0.39 is 10.8 Å². The summed E-state index contributed by atoms with van der Waals surface area (Å²) in [6.07, 6.45) is 3.69. The van der Waals surface area contributed by atoms with E-state index in [9.17, 15) is 4.21 Å². The first-order chi connectivity index (χ1) is 7.49. The molecule has 2 atom stereocenters. The minimum absolute atomic E-state index is 0.275. The smallest absolute Gasteiger partial charge is 0.107 e. The summed E-state index contributed by atoms with van der Waals surface area (Å²) in [6, 6.07) is 0.275. The second kappa shape index (κ2) is 6.47. The fraction of sp³-hybridized carbons (Fsp3) is 0.727. The van der Waals surface area contributed by atoms with E-state index in [2.05, 4.69) is 31.1 Å². The van der Waals surface area contributed by atoms with Gasteiger partial charge in [-0.1, -0.05) is 13.8 Å². The maximum absolute atomic E-state index is 11.0. The van der Waals surface area contributed by atoms with Crippen molar-refractivity contribution >= 4 is 22.1 Å². The van der Waals surface area contributed by atoms with Crippen molar-refractivity contribution < 1.29 is 4.21 Å². The van der Waals surface area contributed by atoms with Crippen LogP contribution in [0.2, 0.25) is 0 Å². The molecule has 0 saturated carbocycles. The first kappa shape index (κ1) is 13.8. The highest BCUT2D eigenvalue weighted by Crippen LogP contribution is 2.21. The Morgan fingerprint density at radius 2 is 2.19 bits per heavy atom. The molecule has 1 N–H and O–H groups in total. The van der Waals surface area contributed by atoms with Crippen molar-refractivity contribution in [2.24, 2.45) is 0 Å². The van der Waals surface area contributed by atoms with Crippen molar-refractivity contribution in [2.75, 3.05) is 12.0 Å². The average Bonchev–Trinajstić information content (AvgIpc) is 2.61. The molecule has 0 amide bonds. The summed E-state index contributed by atoms with van der Waals surface area (Å²) in [5.74, 6) is 1.24. The van der Waals surface area contributed by atoms with Crippen LogP contribution < -0.4 is 5.32 Å². The summed E-state index contributed by atoms with van der Waals surface area (Å²) in [5.41, 5.74) is 0. The van der Waals surface area contributed by atoms with Crippen LogP contribution in [0, 0.1) is 0 Å². The largest absolute Gasteiger partial charge is 0.307 e. The molecule has 92 valence electrons. The van der Waals surface area contributed by atoms with Crippen LogP contribution >= 0.6 is 11.3 Å². The third kappa shape index (κ3) is 4.72. The van der Waals surface area contributed by atoms with Crippen molar-refractivity contribution in [3.8, 4) is 0 Å². The lowest BCUT2D eigenvalue weighted by molar-refractivity contribution is 0.586. The van der Waals surface area contributed by atoms with Gasteiger partial charge in [-0.2, -0.15) is 0 Å². The molecule has 0 saturated heterocycles. The lowest BCUT2D eigenvalue weighted by Crippen LogP contribution is -2.30. The number of nitrogens with one attached hydrogen (secondary N) is 1. The number of rotatable bonds is 6. The van der Waals surface area contributed by atoms with Crippen LogP contribution in [0.1, 0.15) is 36.6 Å². The number of hydrogen-bond acceptors (Lipinski definition) is 4. The van der Waals surface area contributed by atoms with E-state index in [4.69, 9.17) is 0 Å². The van der Waals surface area contributed by atoms with E-state index in [0.717, 1.165) is 11.6 Å². The highest BCUT2D eigenvalue weighted by molar-refractivity contribution is 7.84. The summed E-state index contributed by atoms with van der Waals surface area (Å²) in [6.45, 7) is 7.18. The molecule has 0 aromatic carbocycles. The predicted octanol–water partition coefficient (Wildman–Crippen LogP) is 2.12. The Kier molecular flexibility index (Phi) is 5.58. The molecule has 0 radical (unpaired) electrons. The van der Waals surface area contributed by atoms with Gasteiger partial charge in [-0.05, 0) is 12.8 Å². The standard InChI is InChI=1S/C11H20N2OS2/c1-8(2)10-5-13-11(15-10)6-12-9(3)7-16(4)14/h5,8-9,12H,6-7H2,1-4H3. The van der Waals surface area contributed by atoms with Crippen molar-refractivity contribution in [1.82, 2.24) is 10.3 Å². The van der Waals surface area contributed by atoms with Crippen LogP contribution in [-0.4, -0.2) is 27.2 Å². The molecule has 1 aromatic heterocycles. The Hall–Kier alpha value is -0.260. The van der Waals surface area contributed by atoms with Gasteiger partial charge >= 0.3 is 0 Å². The summed E-state index contributed by atoms with van der Waals surface area (Å²) in [7, 11) is -0.735. The topological polar surface area (TPSA) is 42.0 Å². The molecule has 2 unspecified atom stereocenters. The van der Waals surface area contributed by atoms with Crippen LogP contribution in [0.3, 0.4) is 0 Å². The van der Waals surface area contributed by atoms with Crippen molar-refractivity contribution in [3.05, 3.63) is 16.1 Å². The zero-order valence-electron chi connectivity index (χ0n) is 10.3. The molecule has 3 nitrogen and oxygen atoms in total. The van der Waals surface area contributed by atoms with Crippen LogP contribution in [-0.2, 0) is 17.3 Å². The third-order valence-electron chi connectivity index (χ3n) is 2.23. The van der Waals surface area contributed by atoms with Crippen LogP contribution in [0.25, 0.3) is 0 Å². The molecule has 0 bridgehead atoms. The van der Waals surface area contributed by atoms with Crippen molar-refractivity contribution in [2.45, 2.75) is 39.3 Å². The summed E-state index contributed by atoms with van der Waals surface area (Å²) in [5, 5.41) is 4.45. The molecule has 1 rings (SSSR count). The fourth-order valence-electron chi connectivity index (χ4n) is 1.35. The molecular weight excluding hydrogens is 240 g/mol. The van der Waals surface area contributed by atoms with Gasteiger partial charge in [0.15, 0.2) is 0 Å². The number of hydrogen-bond donors (Lipinski definition) is 1. The summed E-state index contributed by atoms with van der Waals surface area (Å²) in [4.78, 5) is 5.69. The number of aromatic nitrogens is 1. The monoisotopic (exact) mass is 260 g/mol. The Morgan fingerprint density at radius 3 is 2.69 bits per heavy atom. The number of thiazole rings is 1. The molecule has 16 heavy (non-hydrogen) atoms. The lowest BCUT2D eigenvalue weighted by atomic mass is 10.2. The first-order valence-corrected chi connectivity index (χ1v) is 8.01. The van der Waals surface area contributed by atoms with Crippen LogP contribution in [0.5, 0.6) is 0 Å². The second-order valence-corrected chi connectivity index (χ2v) is 6.96. The Balaban J connectivity index is 2.39. The summed E-state index contributed by atoms with van der Waals surface area (Å²) < 4.78 is 11.0. The van der Waals surface area contributed by atoms with Gasteiger partial charge in [-0.25, -0.2) is 4.98 Å². The van der Waals surface area contributed by atoms with Crippen molar-refractivity contribution in [3.63, 3.8) is 0 Å². The Labute approximate surface area is 104 Å². The second-order valence-electron chi connectivity index (χ2n) is 4.33. The number of nitrogens with zero attached hydrogens (tertiary/aromatic N) is 1. The van der Waals surface area contributed by atoms with E-state index in [1.165, 1.54) is 4.88 Å². The minimum Gasteiger partial charge on any atom is -0.307 e. The van der Waals surface area contributed by atoms with Gasteiger partial charge < -0.3 is 5.32 Å². The maximum atomic E-state index is 11.0. The molecule has 0 fully saturated rings. The molecular formula is C11H20N2OS2. The Morgan fingerprint density at radius 1 is 1.50 bits per heavy atom. The van der Waals surface area contributed by atoms with Gasteiger partial charge in [0, 0.05) is 46.5 Å². The quantitative estimate of drug-likeness (QED) is 0.852. The molecule has 0 aliphatic heterocycles. The lowest BCUT2D eigenvalue weighted by Gasteiger charge is -2.10. The normalized spacial score (nSPS) is 15.3. The van der Waals surface area contributed by atoms with Crippen LogP contribution in [0.15, 0.2) is 6.20 Å². The zero-order chi connectivity index (χ0) is 12.1. The minimum atomic E-state index is -0.735. The zero-order valence-corrected chi connectivity index (χ0v) is 12.0. The van der Waals surface area contributed by atoms with E-state index in [-0.39, 0.29) is 6.04 Å². The third-order valence-corrected chi connectivity index (χ3v) is 4.49. The maximum Gasteiger partial charge on any atom is 0.107 e. The SMILES string of the molecule is CC(CS(C)=O)NCc1ncc(C(C)C)s1. The van der Waals surface area contributed by atoms with Gasteiger partial charge in [0.1, 0.15) is 5.01 Å². The van der Waals surface area contributed by atoms with E-state index in [1.54, 1.807) is 17.6 Å². The van der Waals surface area contributed by atoms with E-state index >= 15 is 0 Å². The average molecular weight is 260 g/mol. The first-order valence-electron chi connectivity index (χ1n) is 5.47. The highest BCUT2D eigenvalue weighted by Gasteiger charge is 2.07. The summed E-state index contributed by atoms with van der Waals surface area (Å²) >= 11 is 1.75. The molecule has 5 heteroatoms. The molecule has 0 aliphatic carbocycles.